The summed E-state index contributed by atoms with van der Waals surface area (Å²) in [6.45, 7) is 10.8. The molecule has 0 saturated heterocycles. The van der Waals surface area contributed by atoms with E-state index in [1.165, 1.54) is 40.2 Å². The minimum absolute atomic E-state index is 0.0119. The predicted octanol–water partition coefficient (Wildman–Crippen LogP) is 5.60. The molecule has 202 valence electrons. The molecule has 0 spiro atoms. The third kappa shape index (κ3) is 7.36. The van der Waals surface area contributed by atoms with Gasteiger partial charge in [0.15, 0.2) is 5.82 Å². The Morgan fingerprint density at radius 1 is 1.14 bits per heavy atom. The number of amides is 1. The molecule has 2 heterocycles. The lowest BCUT2D eigenvalue weighted by atomic mass is 10.2. The Morgan fingerprint density at radius 3 is 2.49 bits per heavy atom. The van der Waals surface area contributed by atoms with E-state index in [0.29, 0.717) is 23.7 Å². The van der Waals surface area contributed by atoms with Crippen molar-refractivity contribution in [2.24, 2.45) is 5.92 Å². The van der Waals surface area contributed by atoms with E-state index in [2.05, 4.69) is 35.8 Å². The molecule has 0 unspecified atom stereocenters. The van der Waals surface area contributed by atoms with Crippen LogP contribution in [0.4, 0.5) is 5.82 Å². The molecule has 2 aliphatic rings. The quantitative estimate of drug-likeness (QED) is 0.207. The van der Waals surface area contributed by atoms with Crippen LogP contribution < -0.4 is 15.7 Å². The minimum Gasteiger partial charge on any atom is -0.352 e. The molecule has 0 atom stereocenters. The largest absolute Gasteiger partial charge is 0.354 e. The minimum atomic E-state index is -4.04. The van der Waals surface area contributed by atoms with E-state index in [1.54, 1.807) is 11.8 Å². The van der Waals surface area contributed by atoms with E-state index >= 15 is 0 Å². The number of benzene rings is 1. The molecule has 3 rings (SSSR count). The van der Waals surface area contributed by atoms with E-state index in [-0.39, 0.29) is 16.6 Å². The molecule has 2 aliphatic heterocycles. The summed E-state index contributed by atoms with van der Waals surface area (Å²) in [7, 11) is -4.04. The zero-order valence-corrected chi connectivity index (χ0v) is 24.5. The van der Waals surface area contributed by atoms with Crippen molar-refractivity contribution in [3.8, 4) is 5.69 Å². The summed E-state index contributed by atoms with van der Waals surface area (Å²) in [5.41, 5.74) is 1.09. The number of nitrogens with one attached hydrogen (secondary N) is 2. The molecule has 37 heavy (non-hydrogen) atoms. The summed E-state index contributed by atoms with van der Waals surface area (Å²) in [6, 6.07) is 5.76. The maximum atomic E-state index is 13.2. The zero-order valence-electron chi connectivity index (χ0n) is 22.1. The molecule has 1 aromatic carbocycles. The van der Waals surface area contributed by atoms with E-state index in [9.17, 15) is 18.0 Å². The highest BCUT2D eigenvalue weighted by Gasteiger charge is 2.27. The first-order valence-electron chi connectivity index (χ1n) is 12.6. The van der Waals surface area contributed by atoms with Crippen LogP contribution in [0.1, 0.15) is 73.8 Å². The van der Waals surface area contributed by atoms with Crippen LogP contribution in [0.5, 0.6) is 0 Å². The molecular formula is C26H36N4O4S3. The lowest BCUT2D eigenvalue weighted by Crippen LogP contribution is -2.24. The third-order valence-electron chi connectivity index (χ3n) is 6.03. The summed E-state index contributed by atoms with van der Waals surface area (Å²) in [5, 5.41) is 2.87. The summed E-state index contributed by atoms with van der Waals surface area (Å²) in [4.78, 5) is 30.2. The fraction of sp³-hybridized carbons (Fsp3) is 0.500. The summed E-state index contributed by atoms with van der Waals surface area (Å²) in [6.07, 6.45) is 5.22. The Labute approximate surface area is 227 Å². The van der Waals surface area contributed by atoms with Crippen LogP contribution in [0.25, 0.3) is 5.69 Å². The van der Waals surface area contributed by atoms with Gasteiger partial charge < -0.3 is 5.32 Å². The van der Waals surface area contributed by atoms with Crippen LogP contribution in [0.2, 0.25) is 0 Å². The van der Waals surface area contributed by atoms with E-state index in [1.807, 2.05) is 13.8 Å². The monoisotopic (exact) mass is 564 g/mol. The average Bonchev–Trinajstić information content (AvgIpc) is 3.17. The van der Waals surface area contributed by atoms with Gasteiger partial charge in [-0.05, 0) is 62.6 Å². The predicted molar refractivity (Wildman–Crippen MR) is 152 cm³/mol. The number of thioether (sulfide) groups is 1. The van der Waals surface area contributed by atoms with Crippen LogP contribution in [-0.4, -0.2) is 36.2 Å². The second-order valence-corrected chi connectivity index (χ2v) is 13.7. The highest BCUT2D eigenvalue weighted by atomic mass is 32.2. The number of unbranched alkanes of at least 4 members (excludes halogenated alkanes) is 3. The molecule has 2 N–H and O–H groups in total. The Kier molecular flexibility index (Phi) is 10.2. The van der Waals surface area contributed by atoms with Crippen LogP contribution in [0.3, 0.4) is 0 Å². The number of aromatic nitrogens is 2. The fourth-order valence-corrected chi connectivity index (χ4v) is 7.47. The molecule has 0 aliphatic carbocycles. The van der Waals surface area contributed by atoms with Crippen LogP contribution in [0, 0.1) is 19.8 Å². The van der Waals surface area contributed by atoms with Crippen molar-refractivity contribution in [1.29, 1.82) is 0 Å². The normalized spacial score (nSPS) is 11.8. The lowest BCUT2D eigenvalue weighted by molar-refractivity contribution is 0.0953. The second kappa shape index (κ2) is 12.9. The van der Waals surface area contributed by atoms with Gasteiger partial charge in [0.2, 0.25) is 0 Å². The number of anilines is 1. The van der Waals surface area contributed by atoms with Gasteiger partial charge in [-0.3, -0.25) is 14.1 Å². The molecular weight excluding hydrogens is 529 g/mol. The van der Waals surface area contributed by atoms with Crippen molar-refractivity contribution in [1.82, 2.24) is 14.9 Å². The molecule has 0 bridgehead atoms. The summed E-state index contributed by atoms with van der Waals surface area (Å²) < 4.78 is 31.3. The molecule has 1 amide bonds. The number of aryl methyl sites for hydroxylation is 1. The van der Waals surface area contributed by atoms with Crippen molar-refractivity contribution in [3.05, 3.63) is 50.9 Å². The topological polar surface area (TPSA) is 110 Å². The van der Waals surface area contributed by atoms with Crippen LogP contribution >= 0.6 is 23.1 Å². The molecule has 0 aromatic heterocycles. The second-order valence-electron chi connectivity index (χ2n) is 9.44. The molecule has 0 fully saturated rings. The van der Waals surface area contributed by atoms with Gasteiger partial charge in [0.1, 0.15) is 5.69 Å². The van der Waals surface area contributed by atoms with Crippen LogP contribution in [0.15, 0.2) is 38.2 Å². The fourth-order valence-electron chi connectivity index (χ4n) is 3.70. The van der Waals surface area contributed by atoms with Crippen LogP contribution in [-0.2, 0) is 10.0 Å². The van der Waals surface area contributed by atoms with Crippen molar-refractivity contribution in [3.63, 3.8) is 0 Å². The molecule has 0 saturated carbocycles. The summed E-state index contributed by atoms with van der Waals surface area (Å²) in [5.74, 6) is 1.16. The Bertz CT molecular complexity index is 1350. The number of carbonyl (C=O) groups is 1. The number of carbonyl (C=O) groups excluding carboxylic acids is 1. The van der Waals surface area contributed by atoms with Crippen molar-refractivity contribution in [2.75, 3.05) is 17.0 Å². The van der Waals surface area contributed by atoms with Gasteiger partial charge >= 0.3 is 5.69 Å². The van der Waals surface area contributed by atoms with Gasteiger partial charge in [-0.25, -0.2) is 13.2 Å². The third-order valence-corrected chi connectivity index (χ3v) is 9.87. The van der Waals surface area contributed by atoms with Crippen molar-refractivity contribution < 1.29 is 13.2 Å². The maximum Gasteiger partial charge on any atom is 0.354 e. The van der Waals surface area contributed by atoms with Gasteiger partial charge in [-0.1, -0.05) is 40.0 Å². The van der Waals surface area contributed by atoms with Gasteiger partial charge in [0, 0.05) is 22.7 Å². The number of hydrogen-bond donors (Lipinski definition) is 2. The SMILES string of the molecule is CCCCCCNC(=O)c1ccc(S(=O)(=O)Nc2nc(=O)n3c(C)c(C)sc(SCCC(C)C)c2-3)cc1. The van der Waals surface area contributed by atoms with E-state index < -0.39 is 15.7 Å². The Balaban J connectivity index is 1.82. The number of fused-ring (bicyclic) bond motifs is 1. The van der Waals surface area contributed by atoms with Gasteiger partial charge in [0.05, 0.1) is 9.10 Å². The standard InChI is InChI=1S/C26H36N4O4S3/c1-6-7-8-9-15-27-24(31)20-10-12-21(13-11-20)37(33,34)29-23-22-25(35-16-14-17(2)3)36-19(5)18(4)30(22)26(32)28-23/h10-13,17H,6-9,14-16H2,1-5H3,(H,27,31)(H,28,29,32). The van der Waals surface area contributed by atoms with E-state index in [4.69, 9.17) is 0 Å². The smallest absolute Gasteiger partial charge is 0.352 e. The van der Waals surface area contributed by atoms with Gasteiger partial charge in [0.25, 0.3) is 15.9 Å². The highest BCUT2D eigenvalue weighted by Crippen LogP contribution is 2.39. The van der Waals surface area contributed by atoms with Gasteiger partial charge in [-0.2, -0.15) is 4.98 Å². The van der Waals surface area contributed by atoms with Gasteiger partial charge in [-0.15, -0.1) is 23.1 Å². The molecule has 0 radical (unpaired) electrons. The molecule has 8 nitrogen and oxygen atoms in total. The highest BCUT2D eigenvalue weighted by molar-refractivity contribution is 8.01. The van der Waals surface area contributed by atoms with E-state index in [0.717, 1.165) is 52.6 Å². The Morgan fingerprint density at radius 2 is 1.84 bits per heavy atom. The first-order chi connectivity index (χ1) is 17.5. The van der Waals surface area contributed by atoms with Crippen molar-refractivity contribution >= 4 is 44.8 Å². The first-order valence-corrected chi connectivity index (χ1v) is 15.9. The first kappa shape index (κ1) is 29.2. The maximum absolute atomic E-state index is 13.2. The Hall–Kier alpha value is -2.37. The van der Waals surface area contributed by atoms with Crippen molar-refractivity contribution in [2.45, 2.75) is 75.8 Å². The summed E-state index contributed by atoms with van der Waals surface area (Å²) >= 11 is 3.14. The lowest BCUT2D eigenvalue weighted by Gasteiger charge is -2.16. The number of nitrogens with zero attached hydrogens (tertiary/aromatic N) is 2. The number of imidazole rings is 1. The molecule has 11 heteroatoms. The number of rotatable bonds is 13. The number of hydrogen-bond acceptors (Lipinski definition) is 7. The zero-order chi connectivity index (χ0) is 27.2. The number of sulfonamides is 1. The molecule has 1 aromatic rings. The average molecular weight is 565 g/mol.